The van der Waals surface area contributed by atoms with Crippen LogP contribution in [0.5, 0.6) is 0 Å². The summed E-state index contributed by atoms with van der Waals surface area (Å²) in [4.78, 5) is 9.75. The van der Waals surface area contributed by atoms with E-state index in [0.29, 0.717) is 28.8 Å². The van der Waals surface area contributed by atoms with E-state index in [1.807, 2.05) is 24.3 Å². The van der Waals surface area contributed by atoms with Crippen LogP contribution in [-0.4, -0.2) is 11.4 Å². The third-order valence-corrected chi connectivity index (χ3v) is 5.39. The molecule has 1 aliphatic carbocycles. The highest BCUT2D eigenvalue weighted by atomic mass is 16.3. The van der Waals surface area contributed by atoms with Gasteiger partial charge in [0.15, 0.2) is 17.3 Å². The van der Waals surface area contributed by atoms with Crippen molar-refractivity contribution in [3.63, 3.8) is 0 Å². The van der Waals surface area contributed by atoms with Crippen molar-refractivity contribution < 1.29 is 8.83 Å². The Morgan fingerprint density at radius 3 is 1.52 bits per heavy atom. The number of allylic oxidation sites excluding steroid dienone is 5. The normalized spacial score (nSPS) is 17.9. The van der Waals surface area contributed by atoms with Crippen molar-refractivity contribution in [2.24, 2.45) is 20.8 Å². The van der Waals surface area contributed by atoms with Gasteiger partial charge in [0.1, 0.15) is 11.4 Å². The Balaban J connectivity index is 1.91. The summed E-state index contributed by atoms with van der Waals surface area (Å²) < 4.78 is 11.3. The predicted molar refractivity (Wildman–Crippen MR) is 117 cm³/mol. The standard InChI is InChI=1S/C25H28N2O2/c1-24(2,3)17-13-16(14-18(15-17)25(4,5)6)23-26-21(19-9-7-11-28-19)22(27-23)20-10-8-12-29-20/h7-14H,15H2,1-6H3. The van der Waals surface area contributed by atoms with Gasteiger partial charge in [-0.3, -0.25) is 0 Å². The molecule has 0 spiro atoms. The molecule has 0 aromatic carbocycles. The summed E-state index contributed by atoms with van der Waals surface area (Å²) in [5.74, 6) is 2.07. The molecule has 4 heteroatoms. The van der Waals surface area contributed by atoms with Gasteiger partial charge < -0.3 is 8.83 Å². The highest BCUT2D eigenvalue weighted by Crippen LogP contribution is 2.42. The fraction of sp³-hybridized carbons (Fsp3) is 0.360. The topological polar surface area (TPSA) is 51.0 Å². The van der Waals surface area contributed by atoms with Gasteiger partial charge in [0.2, 0.25) is 0 Å². The molecule has 2 aromatic heterocycles. The van der Waals surface area contributed by atoms with E-state index in [0.717, 1.165) is 12.0 Å². The maximum atomic E-state index is 5.63. The molecular formula is C25H28N2O2. The van der Waals surface area contributed by atoms with Gasteiger partial charge in [-0.15, -0.1) is 0 Å². The summed E-state index contributed by atoms with van der Waals surface area (Å²) in [6.07, 6.45) is 8.79. The second-order valence-electron chi connectivity index (χ2n) is 9.67. The SMILES string of the molecule is CC(C)(C)C1=CC(=C2N=C(c3ccco3)C(c3ccco3)=N2)C=C(C(C)(C)C)C1. The zero-order valence-electron chi connectivity index (χ0n) is 18.0. The molecule has 0 bridgehead atoms. The number of hydrogen-bond acceptors (Lipinski definition) is 4. The van der Waals surface area contributed by atoms with Crippen molar-refractivity contribution in [1.82, 2.24) is 0 Å². The van der Waals surface area contributed by atoms with E-state index in [1.165, 1.54) is 11.1 Å². The second-order valence-corrected chi connectivity index (χ2v) is 9.67. The molecule has 150 valence electrons. The zero-order valence-corrected chi connectivity index (χ0v) is 18.0. The lowest BCUT2D eigenvalue weighted by Crippen LogP contribution is -2.19. The van der Waals surface area contributed by atoms with Crippen molar-refractivity contribution in [2.45, 2.75) is 48.0 Å². The third-order valence-electron chi connectivity index (χ3n) is 5.39. The first-order chi connectivity index (χ1) is 13.6. The minimum Gasteiger partial charge on any atom is -0.463 e. The Labute approximate surface area is 172 Å². The first-order valence-electron chi connectivity index (χ1n) is 10.0. The van der Waals surface area contributed by atoms with E-state index in [4.69, 9.17) is 18.8 Å². The Kier molecular flexibility index (Phi) is 4.60. The second kappa shape index (κ2) is 6.87. The lowest BCUT2D eigenvalue weighted by molar-refractivity contribution is 0.446. The van der Waals surface area contributed by atoms with Crippen LogP contribution >= 0.6 is 0 Å². The Morgan fingerprint density at radius 1 is 0.724 bits per heavy atom. The molecule has 3 heterocycles. The molecule has 0 N–H and O–H groups in total. The average molecular weight is 389 g/mol. The molecule has 0 atom stereocenters. The molecule has 4 nitrogen and oxygen atoms in total. The van der Waals surface area contributed by atoms with E-state index in [1.54, 1.807) is 12.5 Å². The molecule has 1 aliphatic heterocycles. The first kappa shape index (κ1) is 19.4. The molecule has 29 heavy (non-hydrogen) atoms. The molecule has 0 fully saturated rings. The first-order valence-corrected chi connectivity index (χ1v) is 10.0. The molecule has 0 saturated carbocycles. The van der Waals surface area contributed by atoms with E-state index in [2.05, 4.69) is 53.7 Å². The van der Waals surface area contributed by atoms with Crippen LogP contribution in [0.4, 0.5) is 0 Å². The number of hydrogen-bond donors (Lipinski definition) is 0. The van der Waals surface area contributed by atoms with Gasteiger partial charge >= 0.3 is 0 Å². The summed E-state index contributed by atoms with van der Waals surface area (Å²) in [5, 5.41) is 0. The maximum absolute atomic E-state index is 5.63. The molecular weight excluding hydrogens is 360 g/mol. The molecule has 4 rings (SSSR count). The van der Waals surface area contributed by atoms with Crippen molar-refractivity contribution in [3.05, 3.63) is 83.0 Å². The van der Waals surface area contributed by atoms with Crippen LogP contribution in [0, 0.1) is 10.8 Å². The van der Waals surface area contributed by atoms with E-state index in [-0.39, 0.29) is 10.8 Å². The van der Waals surface area contributed by atoms with E-state index >= 15 is 0 Å². The number of furan rings is 2. The minimum atomic E-state index is 0.0796. The van der Waals surface area contributed by atoms with Crippen molar-refractivity contribution in [3.8, 4) is 0 Å². The fourth-order valence-corrected chi connectivity index (χ4v) is 3.46. The summed E-state index contributed by atoms with van der Waals surface area (Å²) in [6.45, 7) is 13.6. The van der Waals surface area contributed by atoms with Crippen molar-refractivity contribution in [1.29, 1.82) is 0 Å². The smallest absolute Gasteiger partial charge is 0.160 e. The summed E-state index contributed by atoms with van der Waals surface area (Å²) in [6, 6.07) is 7.52. The van der Waals surface area contributed by atoms with Gasteiger partial charge in [0, 0.05) is 5.57 Å². The van der Waals surface area contributed by atoms with Crippen LogP contribution in [0.15, 0.2) is 90.3 Å². The third kappa shape index (κ3) is 3.84. The van der Waals surface area contributed by atoms with E-state index in [9.17, 15) is 0 Å². The largest absolute Gasteiger partial charge is 0.463 e. The lowest BCUT2D eigenvalue weighted by Gasteiger charge is -2.32. The minimum absolute atomic E-state index is 0.0796. The summed E-state index contributed by atoms with van der Waals surface area (Å²) in [5.41, 5.74) is 5.39. The van der Waals surface area contributed by atoms with Crippen molar-refractivity contribution in [2.75, 3.05) is 0 Å². The zero-order chi connectivity index (χ0) is 20.8. The highest BCUT2D eigenvalue weighted by Gasteiger charge is 2.30. The highest BCUT2D eigenvalue weighted by molar-refractivity contribution is 6.53. The van der Waals surface area contributed by atoms with Gasteiger partial charge in [0.05, 0.1) is 12.5 Å². The van der Waals surface area contributed by atoms with Crippen LogP contribution in [0.3, 0.4) is 0 Å². The quantitative estimate of drug-likeness (QED) is 0.573. The molecule has 0 unspecified atom stereocenters. The number of aliphatic imine (C=N–C) groups is 2. The van der Waals surface area contributed by atoms with E-state index < -0.39 is 0 Å². The monoisotopic (exact) mass is 388 g/mol. The van der Waals surface area contributed by atoms with Crippen LogP contribution in [0.25, 0.3) is 0 Å². The summed E-state index contributed by atoms with van der Waals surface area (Å²) in [7, 11) is 0. The van der Waals surface area contributed by atoms with Gasteiger partial charge in [-0.05, 0) is 41.5 Å². The van der Waals surface area contributed by atoms with Gasteiger partial charge in [-0.2, -0.15) is 0 Å². The van der Waals surface area contributed by atoms with Crippen LogP contribution in [-0.2, 0) is 0 Å². The number of nitrogens with zero attached hydrogens (tertiary/aromatic N) is 2. The Morgan fingerprint density at radius 2 is 1.17 bits per heavy atom. The molecule has 0 amide bonds. The average Bonchev–Trinajstić information content (AvgIpc) is 3.38. The van der Waals surface area contributed by atoms with Gasteiger partial charge in [0.25, 0.3) is 0 Å². The maximum Gasteiger partial charge on any atom is 0.160 e. The Hall–Kier alpha value is -2.88. The van der Waals surface area contributed by atoms with Gasteiger partial charge in [-0.25, -0.2) is 9.98 Å². The molecule has 2 aromatic rings. The fourth-order valence-electron chi connectivity index (χ4n) is 3.46. The molecule has 0 saturated heterocycles. The predicted octanol–water partition coefficient (Wildman–Crippen LogP) is 6.72. The van der Waals surface area contributed by atoms with Crippen LogP contribution in [0.1, 0.15) is 59.5 Å². The summed E-state index contributed by atoms with van der Waals surface area (Å²) >= 11 is 0. The molecule has 2 aliphatic rings. The van der Waals surface area contributed by atoms with Crippen LogP contribution < -0.4 is 0 Å². The molecule has 0 radical (unpaired) electrons. The van der Waals surface area contributed by atoms with Crippen LogP contribution in [0.2, 0.25) is 0 Å². The Bertz CT molecular complexity index is 975. The van der Waals surface area contributed by atoms with Gasteiger partial charge in [-0.1, -0.05) is 64.8 Å². The lowest BCUT2D eigenvalue weighted by atomic mass is 9.73. The van der Waals surface area contributed by atoms with Crippen molar-refractivity contribution >= 4 is 11.4 Å². The number of rotatable bonds is 2.